The third-order valence-corrected chi connectivity index (χ3v) is 6.56. The van der Waals surface area contributed by atoms with E-state index in [1.807, 2.05) is 10.8 Å². The Bertz CT molecular complexity index is 1090. The zero-order chi connectivity index (χ0) is 19.2. The maximum atomic E-state index is 14.2. The van der Waals surface area contributed by atoms with Crippen LogP contribution in [0.25, 0.3) is 0 Å². The van der Waals surface area contributed by atoms with Gasteiger partial charge in [0.25, 0.3) is 0 Å². The Morgan fingerprint density at radius 2 is 1.59 bits per heavy atom. The average Bonchev–Trinajstić information content (AvgIpc) is 3.10. The Labute approximate surface area is 154 Å². The highest BCUT2D eigenvalue weighted by atomic mass is 32.2. The van der Waals surface area contributed by atoms with Crippen molar-refractivity contribution in [2.24, 2.45) is 0 Å². The van der Waals surface area contributed by atoms with Crippen LogP contribution in [-0.4, -0.2) is 23.8 Å². The molecule has 1 aromatic heterocycles. The van der Waals surface area contributed by atoms with E-state index in [-0.39, 0.29) is 6.54 Å². The molecule has 4 rings (SSSR count). The van der Waals surface area contributed by atoms with Gasteiger partial charge in [0.05, 0.1) is 6.04 Å². The lowest BCUT2D eigenvalue weighted by Crippen LogP contribution is -2.42. The monoisotopic (exact) mass is 392 g/mol. The topological polar surface area (TPSA) is 42.3 Å². The van der Waals surface area contributed by atoms with Gasteiger partial charge in [-0.2, -0.15) is 4.31 Å². The lowest BCUT2D eigenvalue weighted by molar-refractivity contribution is 0.297. The summed E-state index contributed by atoms with van der Waals surface area (Å²) in [5.41, 5.74) is 1.25. The zero-order valence-electron chi connectivity index (χ0n) is 14.0. The van der Waals surface area contributed by atoms with Gasteiger partial charge in [0.1, 0.15) is 22.3 Å². The van der Waals surface area contributed by atoms with Crippen molar-refractivity contribution in [2.45, 2.75) is 17.5 Å². The second-order valence-electron chi connectivity index (χ2n) is 6.27. The van der Waals surface area contributed by atoms with E-state index in [0.717, 1.165) is 12.1 Å². The first kappa shape index (κ1) is 17.8. The zero-order valence-corrected chi connectivity index (χ0v) is 14.8. The molecular weight excluding hydrogens is 377 g/mol. The summed E-state index contributed by atoms with van der Waals surface area (Å²) in [4.78, 5) is -0.587. The van der Waals surface area contributed by atoms with E-state index in [2.05, 4.69) is 0 Å². The minimum atomic E-state index is -4.25. The number of sulfonamides is 1. The van der Waals surface area contributed by atoms with Crippen LogP contribution < -0.4 is 0 Å². The van der Waals surface area contributed by atoms with Crippen LogP contribution in [0, 0.1) is 17.5 Å². The SMILES string of the molecule is O=S(=O)(c1ccc(F)cc1F)N1CCn2cccc2C1c1ccc(F)cc1. The van der Waals surface area contributed by atoms with Crippen molar-refractivity contribution >= 4 is 10.0 Å². The summed E-state index contributed by atoms with van der Waals surface area (Å²) < 4.78 is 70.2. The molecule has 1 unspecified atom stereocenters. The van der Waals surface area contributed by atoms with Crippen molar-refractivity contribution < 1.29 is 21.6 Å². The van der Waals surface area contributed by atoms with E-state index in [1.165, 1.54) is 28.6 Å². The first-order chi connectivity index (χ1) is 12.9. The number of benzene rings is 2. The van der Waals surface area contributed by atoms with Gasteiger partial charge in [0.15, 0.2) is 0 Å². The van der Waals surface area contributed by atoms with Crippen LogP contribution in [-0.2, 0) is 16.6 Å². The van der Waals surface area contributed by atoms with Crippen molar-refractivity contribution in [2.75, 3.05) is 6.54 Å². The molecule has 0 aliphatic carbocycles. The molecule has 0 spiro atoms. The maximum Gasteiger partial charge on any atom is 0.246 e. The fourth-order valence-corrected chi connectivity index (χ4v) is 5.04. The highest BCUT2D eigenvalue weighted by molar-refractivity contribution is 7.89. The number of fused-ring (bicyclic) bond motifs is 1. The van der Waals surface area contributed by atoms with Gasteiger partial charge in [-0.15, -0.1) is 0 Å². The Morgan fingerprint density at radius 1 is 0.889 bits per heavy atom. The van der Waals surface area contributed by atoms with E-state index in [0.29, 0.717) is 23.9 Å². The number of aromatic nitrogens is 1. The second-order valence-corrected chi connectivity index (χ2v) is 8.13. The van der Waals surface area contributed by atoms with E-state index < -0.39 is 38.4 Å². The molecule has 1 aliphatic heterocycles. The first-order valence-electron chi connectivity index (χ1n) is 8.25. The molecule has 4 nitrogen and oxygen atoms in total. The highest BCUT2D eigenvalue weighted by Crippen LogP contribution is 2.37. The molecular formula is C19H15F3N2O2S. The van der Waals surface area contributed by atoms with Crippen LogP contribution in [0.2, 0.25) is 0 Å². The number of hydrogen-bond donors (Lipinski definition) is 0. The molecule has 0 saturated heterocycles. The van der Waals surface area contributed by atoms with Crippen molar-refractivity contribution in [3.8, 4) is 0 Å². The van der Waals surface area contributed by atoms with Crippen LogP contribution in [0.4, 0.5) is 13.2 Å². The Morgan fingerprint density at radius 3 is 2.30 bits per heavy atom. The molecule has 2 heterocycles. The number of hydrogen-bond acceptors (Lipinski definition) is 2. The Kier molecular flexibility index (Phi) is 4.32. The smallest absolute Gasteiger partial charge is 0.246 e. The molecule has 1 atom stereocenters. The van der Waals surface area contributed by atoms with Gasteiger partial charge in [-0.3, -0.25) is 0 Å². The number of rotatable bonds is 3. The summed E-state index contributed by atoms with van der Waals surface area (Å²) in [5, 5.41) is 0. The molecule has 0 saturated carbocycles. The first-order valence-corrected chi connectivity index (χ1v) is 9.69. The normalized spacial score (nSPS) is 17.7. The van der Waals surface area contributed by atoms with E-state index in [9.17, 15) is 21.6 Å². The lowest BCUT2D eigenvalue weighted by Gasteiger charge is -2.36. The maximum absolute atomic E-state index is 14.2. The Balaban J connectivity index is 1.86. The molecule has 0 N–H and O–H groups in total. The molecule has 0 fully saturated rings. The van der Waals surface area contributed by atoms with Gasteiger partial charge in [-0.05, 0) is 42.0 Å². The fourth-order valence-electron chi connectivity index (χ4n) is 3.41. The van der Waals surface area contributed by atoms with Crippen molar-refractivity contribution in [3.63, 3.8) is 0 Å². The van der Waals surface area contributed by atoms with Crippen molar-refractivity contribution in [1.82, 2.24) is 8.87 Å². The predicted molar refractivity (Wildman–Crippen MR) is 92.9 cm³/mol. The molecule has 0 radical (unpaired) electrons. The third kappa shape index (κ3) is 3.04. The average molecular weight is 392 g/mol. The summed E-state index contributed by atoms with van der Waals surface area (Å²) in [5.74, 6) is -2.44. The van der Waals surface area contributed by atoms with Crippen LogP contribution in [0.3, 0.4) is 0 Å². The summed E-state index contributed by atoms with van der Waals surface area (Å²) in [6.45, 7) is 0.491. The van der Waals surface area contributed by atoms with Crippen molar-refractivity contribution in [3.05, 3.63) is 89.5 Å². The van der Waals surface area contributed by atoms with Gasteiger partial charge >= 0.3 is 0 Å². The number of nitrogens with zero attached hydrogens (tertiary/aromatic N) is 2. The molecule has 27 heavy (non-hydrogen) atoms. The summed E-state index contributed by atoms with van der Waals surface area (Å²) in [6.07, 6.45) is 1.83. The van der Waals surface area contributed by atoms with Crippen LogP contribution in [0.15, 0.2) is 65.7 Å². The molecule has 1 aliphatic rings. The second kappa shape index (κ2) is 6.54. The minimum absolute atomic E-state index is 0.100. The van der Waals surface area contributed by atoms with Crippen molar-refractivity contribution in [1.29, 1.82) is 0 Å². The van der Waals surface area contributed by atoms with Crippen LogP contribution in [0.5, 0.6) is 0 Å². The van der Waals surface area contributed by atoms with Gasteiger partial charge < -0.3 is 4.57 Å². The highest BCUT2D eigenvalue weighted by Gasteiger charge is 2.38. The lowest BCUT2D eigenvalue weighted by atomic mass is 10.0. The van der Waals surface area contributed by atoms with Gasteiger partial charge in [-0.1, -0.05) is 12.1 Å². The van der Waals surface area contributed by atoms with E-state index in [4.69, 9.17) is 0 Å². The number of halogens is 3. The molecule has 0 amide bonds. The molecule has 140 valence electrons. The largest absolute Gasteiger partial charge is 0.348 e. The van der Waals surface area contributed by atoms with Gasteiger partial charge in [0.2, 0.25) is 10.0 Å². The standard InChI is InChI=1S/C19H15F3N2O2S/c20-14-5-3-13(4-6-14)19-17-2-1-9-23(17)10-11-24(19)27(25,26)18-8-7-15(21)12-16(18)22/h1-9,12,19H,10-11H2. The van der Waals surface area contributed by atoms with E-state index in [1.54, 1.807) is 12.1 Å². The molecule has 8 heteroatoms. The quantitative estimate of drug-likeness (QED) is 0.682. The summed E-state index contributed by atoms with van der Waals surface area (Å²) in [7, 11) is -4.25. The predicted octanol–water partition coefficient (Wildman–Crippen LogP) is 3.70. The van der Waals surface area contributed by atoms with Crippen LogP contribution in [0.1, 0.15) is 17.3 Å². The van der Waals surface area contributed by atoms with Gasteiger partial charge in [-0.25, -0.2) is 21.6 Å². The summed E-state index contributed by atoms with van der Waals surface area (Å²) >= 11 is 0. The Hall–Kier alpha value is -2.58. The molecule has 0 bridgehead atoms. The van der Waals surface area contributed by atoms with Gasteiger partial charge in [0, 0.05) is 31.0 Å². The molecule has 3 aromatic rings. The minimum Gasteiger partial charge on any atom is -0.348 e. The molecule has 2 aromatic carbocycles. The fraction of sp³-hybridized carbons (Fsp3) is 0.158. The van der Waals surface area contributed by atoms with E-state index >= 15 is 0 Å². The van der Waals surface area contributed by atoms with Crippen LogP contribution >= 0.6 is 0 Å². The third-order valence-electron chi connectivity index (χ3n) is 4.66. The summed E-state index contributed by atoms with van der Waals surface area (Å²) in [6, 6.07) is 10.7.